The van der Waals surface area contributed by atoms with E-state index in [0.29, 0.717) is 6.04 Å². The second-order valence-electron chi connectivity index (χ2n) is 6.48. The van der Waals surface area contributed by atoms with Crippen LogP contribution in [-0.4, -0.2) is 6.54 Å². The highest BCUT2D eigenvalue weighted by atomic mass is 14.9. The van der Waals surface area contributed by atoms with Crippen LogP contribution in [0.4, 0.5) is 0 Å². The maximum absolute atomic E-state index is 3.75. The van der Waals surface area contributed by atoms with Crippen LogP contribution in [0.2, 0.25) is 0 Å². The van der Waals surface area contributed by atoms with Crippen molar-refractivity contribution in [2.45, 2.75) is 45.6 Å². The lowest BCUT2D eigenvalue weighted by Gasteiger charge is -2.24. The average molecular weight is 243 g/mol. The van der Waals surface area contributed by atoms with Gasteiger partial charge in [-0.05, 0) is 63.0 Å². The minimum atomic E-state index is 0.490. The molecule has 18 heavy (non-hydrogen) atoms. The molecule has 0 aromatic heterocycles. The van der Waals surface area contributed by atoms with Crippen LogP contribution in [0.5, 0.6) is 0 Å². The largest absolute Gasteiger partial charge is 0.310 e. The maximum atomic E-state index is 3.75. The van der Waals surface area contributed by atoms with E-state index in [0.717, 1.165) is 17.8 Å². The summed E-state index contributed by atoms with van der Waals surface area (Å²) in [7, 11) is 0. The van der Waals surface area contributed by atoms with Gasteiger partial charge < -0.3 is 5.32 Å². The lowest BCUT2D eigenvalue weighted by atomic mass is 9.88. The Labute approximate surface area is 111 Å². The van der Waals surface area contributed by atoms with Crippen molar-refractivity contribution in [3.63, 3.8) is 0 Å². The van der Waals surface area contributed by atoms with Gasteiger partial charge in [-0.3, -0.25) is 0 Å². The Kier molecular flexibility index (Phi) is 3.43. The van der Waals surface area contributed by atoms with E-state index in [4.69, 9.17) is 0 Å². The van der Waals surface area contributed by atoms with Crippen molar-refractivity contribution < 1.29 is 0 Å². The number of nitrogens with one attached hydrogen (secondary N) is 1. The summed E-state index contributed by atoms with van der Waals surface area (Å²) in [6.45, 7) is 5.66. The Morgan fingerprint density at radius 1 is 1.17 bits per heavy atom. The van der Waals surface area contributed by atoms with E-state index in [9.17, 15) is 0 Å². The summed E-state index contributed by atoms with van der Waals surface area (Å²) in [6.07, 6.45) is 6.01. The zero-order valence-corrected chi connectivity index (χ0v) is 11.7. The van der Waals surface area contributed by atoms with Crippen molar-refractivity contribution >= 4 is 0 Å². The van der Waals surface area contributed by atoms with Gasteiger partial charge >= 0.3 is 0 Å². The molecule has 0 saturated heterocycles. The maximum Gasteiger partial charge on any atom is 0.0291 e. The van der Waals surface area contributed by atoms with Crippen molar-refractivity contribution in [1.82, 2.24) is 5.32 Å². The van der Waals surface area contributed by atoms with Crippen molar-refractivity contribution in [1.29, 1.82) is 0 Å². The number of aryl methyl sites for hydroxylation is 1. The third-order valence-electron chi connectivity index (χ3n) is 5.15. The molecule has 3 unspecified atom stereocenters. The zero-order chi connectivity index (χ0) is 12.5. The van der Waals surface area contributed by atoms with Crippen molar-refractivity contribution in [2.75, 3.05) is 6.54 Å². The number of fused-ring (bicyclic) bond motifs is 2. The van der Waals surface area contributed by atoms with Gasteiger partial charge in [-0.25, -0.2) is 0 Å². The highest BCUT2D eigenvalue weighted by molar-refractivity contribution is 5.23. The SMILES string of the molecule is Cc1ccc([C@H](C)NCC2CC3CCC2C3)cc1. The molecule has 2 fully saturated rings. The van der Waals surface area contributed by atoms with Gasteiger partial charge in [0.25, 0.3) is 0 Å². The Hall–Kier alpha value is -0.820. The predicted octanol–water partition coefficient (Wildman–Crippen LogP) is 4.08. The fourth-order valence-electron chi connectivity index (χ4n) is 3.93. The first kappa shape index (κ1) is 12.2. The van der Waals surface area contributed by atoms with Gasteiger partial charge in [-0.1, -0.05) is 36.2 Å². The molecule has 0 radical (unpaired) electrons. The molecule has 0 spiro atoms. The van der Waals surface area contributed by atoms with E-state index >= 15 is 0 Å². The number of hydrogen-bond donors (Lipinski definition) is 1. The summed E-state index contributed by atoms with van der Waals surface area (Å²) < 4.78 is 0. The molecule has 2 aliphatic rings. The Morgan fingerprint density at radius 2 is 1.94 bits per heavy atom. The lowest BCUT2D eigenvalue weighted by Crippen LogP contribution is -2.28. The first-order valence-corrected chi connectivity index (χ1v) is 7.52. The summed E-state index contributed by atoms with van der Waals surface area (Å²) in [6, 6.07) is 9.43. The second kappa shape index (κ2) is 5.05. The lowest BCUT2D eigenvalue weighted by molar-refractivity contribution is 0.309. The summed E-state index contributed by atoms with van der Waals surface area (Å²) in [5.74, 6) is 3.06. The van der Waals surface area contributed by atoms with Crippen LogP contribution in [0.1, 0.15) is 49.8 Å². The molecule has 3 rings (SSSR count). The third-order valence-corrected chi connectivity index (χ3v) is 5.15. The second-order valence-corrected chi connectivity index (χ2v) is 6.48. The van der Waals surface area contributed by atoms with Crippen LogP contribution in [0.25, 0.3) is 0 Å². The van der Waals surface area contributed by atoms with Crippen LogP contribution >= 0.6 is 0 Å². The van der Waals surface area contributed by atoms with Gasteiger partial charge in [0, 0.05) is 6.04 Å². The molecule has 1 aromatic rings. The van der Waals surface area contributed by atoms with Crippen LogP contribution < -0.4 is 5.32 Å². The molecule has 4 atom stereocenters. The van der Waals surface area contributed by atoms with E-state index in [-0.39, 0.29) is 0 Å². The molecule has 1 nitrogen and oxygen atoms in total. The third kappa shape index (κ3) is 2.47. The van der Waals surface area contributed by atoms with E-state index in [1.807, 2.05) is 0 Å². The number of benzene rings is 1. The van der Waals surface area contributed by atoms with Crippen LogP contribution in [0.15, 0.2) is 24.3 Å². The smallest absolute Gasteiger partial charge is 0.0291 e. The zero-order valence-electron chi connectivity index (χ0n) is 11.7. The molecule has 0 heterocycles. The Bertz CT molecular complexity index is 395. The molecule has 2 aliphatic carbocycles. The molecule has 2 saturated carbocycles. The monoisotopic (exact) mass is 243 g/mol. The molecular formula is C17H25N. The quantitative estimate of drug-likeness (QED) is 0.840. The van der Waals surface area contributed by atoms with Gasteiger partial charge in [-0.15, -0.1) is 0 Å². The molecule has 2 bridgehead atoms. The summed E-state index contributed by atoms with van der Waals surface area (Å²) >= 11 is 0. The van der Waals surface area contributed by atoms with Gasteiger partial charge in [0.2, 0.25) is 0 Å². The molecule has 0 aliphatic heterocycles. The number of rotatable bonds is 4. The van der Waals surface area contributed by atoms with Crippen LogP contribution in [0, 0.1) is 24.7 Å². The highest BCUT2D eigenvalue weighted by Gasteiger charge is 2.39. The number of hydrogen-bond acceptors (Lipinski definition) is 1. The standard InChI is InChI=1S/C17H25N/c1-12-3-6-15(7-4-12)13(2)18-11-17-10-14-5-8-16(17)9-14/h3-4,6-7,13-14,16-18H,5,8-11H2,1-2H3/t13-,14?,16?,17?/m0/s1. The average Bonchev–Trinajstić information content (AvgIpc) is 2.99. The Morgan fingerprint density at radius 3 is 2.56 bits per heavy atom. The summed E-state index contributed by atoms with van der Waals surface area (Å²) in [5.41, 5.74) is 2.77. The fraction of sp³-hybridized carbons (Fsp3) is 0.647. The molecule has 1 heteroatoms. The Balaban J connectivity index is 1.52. The minimum Gasteiger partial charge on any atom is -0.310 e. The molecule has 98 valence electrons. The normalized spacial score (nSPS) is 31.8. The molecule has 0 amide bonds. The van der Waals surface area contributed by atoms with E-state index in [2.05, 4.69) is 43.4 Å². The summed E-state index contributed by atoms with van der Waals surface area (Å²) in [4.78, 5) is 0. The summed E-state index contributed by atoms with van der Waals surface area (Å²) in [5, 5.41) is 3.75. The van der Waals surface area contributed by atoms with Gasteiger partial charge in [-0.2, -0.15) is 0 Å². The van der Waals surface area contributed by atoms with Crippen molar-refractivity contribution in [3.8, 4) is 0 Å². The van der Waals surface area contributed by atoms with E-state index in [1.54, 1.807) is 0 Å². The topological polar surface area (TPSA) is 12.0 Å². The first-order chi connectivity index (χ1) is 8.72. The fourth-order valence-corrected chi connectivity index (χ4v) is 3.93. The highest BCUT2D eigenvalue weighted by Crippen LogP contribution is 2.48. The van der Waals surface area contributed by atoms with Crippen LogP contribution in [-0.2, 0) is 0 Å². The van der Waals surface area contributed by atoms with Crippen molar-refractivity contribution in [2.24, 2.45) is 17.8 Å². The molecular weight excluding hydrogens is 218 g/mol. The minimum absolute atomic E-state index is 0.490. The first-order valence-electron chi connectivity index (χ1n) is 7.52. The van der Waals surface area contributed by atoms with Crippen molar-refractivity contribution in [3.05, 3.63) is 35.4 Å². The van der Waals surface area contributed by atoms with Gasteiger partial charge in [0.15, 0.2) is 0 Å². The van der Waals surface area contributed by atoms with Gasteiger partial charge in [0.05, 0.1) is 0 Å². The molecule has 1 aromatic carbocycles. The van der Waals surface area contributed by atoms with E-state index in [1.165, 1.54) is 43.4 Å². The van der Waals surface area contributed by atoms with E-state index < -0.39 is 0 Å². The molecule has 1 N–H and O–H groups in total. The predicted molar refractivity (Wildman–Crippen MR) is 76.5 cm³/mol. The van der Waals surface area contributed by atoms with Gasteiger partial charge in [0.1, 0.15) is 0 Å². The van der Waals surface area contributed by atoms with Crippen LogP contribution in [0.3, 0.4) is 0 Å².